The van der Waals surface area contributed by atoms with Gasteiger partial charge in [0.2, 0.25) is 0 Å². The molecule has 0 saturated heterocycles. The molecule has 2 aliphatic carbocycles. The second-order valence-corrected chi connectivity index (χ2v) is 6.31. The monoisotopic (exact) mass is 252 g/mol. The Labute approximate surface area is 116 Å². The third-order valence-electron chi connectivity index (χ3n) is 5.55. The van der Waals surface area contributed by atoms with Crippen LogP contribution in [0.25, 0.3) is 0 Å². The van der Waals surface area contributed by atoms with Crippen molar-refractivity contribution < 1.29 is 0 Å². The summed E-state index contributed by atoms with van der Waals surface area (Å²) < 4.78 is 0. The highest BCUT2D eigenvalue weighted by molar-refractivity contribution is 4.83. The van der Waals surface area contributed by atoms with Gasteiger partial charge in [0.15, 0.2) is 0 Å². The first-order chi connectivity index (χ1) is 8.85. The molecule has 0 heterocycles. The average molecular weight is 252 g/mol. The molecule has 0 nitrogen and oxygen atoms in total. The molecule has 0 radical (unpaired) electrons. The van der Waals surface area contributed by atoms with Crippen molar-refractivity contribution in [1.29, 1.82) is 0 Å². The van der Waals surface area contributed by atoms with E-state index >= 15 is 0 Å². The molecule has 0 bridgehead atoms. The molecule has 0 aromatic carbocycles. The fraction of sp³-hybridized carbons (Fsp3) is 1.00. The Kier molecular flexibility index (Phi) is 8.02. The maximum Gasteiger partial charge on any atom is -0.0383 e. The van der Waals surface area contributed by atoms with Crippen molar-refractivity contribution in [2.24, 2.45) is 23.7 Å². The Hall–Kier alpha value is 0. The van der Waals surface area contributed by atoms with Crippen LogP contribution in [-0.2, 0) is 0 Å². The standard InChI is InChI=1S/C16H30.C2H6/c1-3-13-10-11-16(12-14(13)4-2)15-8-6-5-7-9-15;1-2/h13-16H,3-12H2,1-2H3;1-2H3. The Morgan fingerprint density at radius 3 is 1.83 bits per heavy atom. The van der Waals surface area contributed by atoms with E-state index in [0.29, 0.717) is 0 Å². The maximum atomic E-state index is 2.41. The molecule has 3 unspecified atom stereocenters. The van der Waals surface area contributed by atoms with Crippen LogP contribution in [0.4, 0.5) is 0 Å². The Morgan fingerprint density at radius 2 is 1.28 bits per heavy atom. The summed E-state index contributed by atoms with van der Waals surface area (Å²) in [6, 6.07) is 0. The molecule has 0 aromatic rings. The van der Waals surface area contributed by atoms with Crippen molar-refractivity contribution in [1.82, 2.24) is 0 Å². The largest absolute Gasteiger partial charge is 0.0683 e. The lowest BCUT2D eigenvalue weighted by atomic mass is 9.66. The highest BCUT2D eigenvalue weighted by Gasteiger charge is 2.32. The van der Waals surface area contributed by atoms with Gasteiger partial charge in [0, 0.05) is 0 Å². The van der Waals surface area contributed by atoms with Gasteiger partial charge in [-0.25, -0.2) is 0 Å². The molecule has 0 aliphatic heterocycles. The summed E-state index contributed by atoms with van der Waals surface area (Å²) in [4.78, 5) is 0. The van der Waals surface area contributed by atoms with Crippen LogP contribution in [0, 0.1) is 23.7 Å². The number of hydrogen-bond donors (Lipinski definition) is 0. The molecule has 2 saturated carbocycles. The van der Waals surface area contributed by atoms with Gasteiger partial charge in [0.05, 0.1) is 0 Å². The predicted octanol–water partition coefficient (Wildman–Crippen LogP) is 6.45. The molecular weight excluding hydrogens is 216 g/mol. The van der Waals surface area contributed by atoms with E-state index < -0.39 is 0 Å². The first-order valence-electron chi connectivity index (χ1n) is 8.85. The number of hydrogen-bond acceptors (Lipinski definition) is 0. The van der Waals surface area contributed by atoms with E-state index in [4.69, 9.17) is 0 Å². The van der Waals surface area contributed by atoms with Gasteiger partial charge in [-0.15, -0.1) is 0 Å². The van der Waals surface area contributed by atoms with E-state index in [2.05, 4.69) is 13.8 Å². The van der Waals surface area contributed by atoms with Crippen molar-refractivity contribution in [3.8, 4) is 0 Å². The zero-order chi connectivity index (χ0) is 13.4. The molecule has 0 heteroatoms. The van der Waals surface area contributed by atoms with E-state index in [1.165, 1.54) is 38.5 Å². The molecule has 0 N–H and O–H groups in total. The van der Waals surface area contributed by atoms with Crippen LogP contribution in [0.1, 0.15) is 91.9 Å². The molecule has 2 aliphatic rings. The first kappa shape index (κ1) is 16.1. The first-order valence-corrected chi connectivity index (χ1v) is 8.85. The van der Waals surface area contributed by atoms with Gasteiger partial charge in [-0.05, 0) is 42.9 Å². The maximum absolute atomic E-state index is 2.41. The summed E-state index contributed by atoms with van der Waals surface area (Å²) in [5.74, 6) is 4.34. The molecular formula is C18H36. The fourth-order valence-corrected chi connectivity index (χ4v) is 4.43. The zero-order valence-corrected chi connectivity index (χ0v) is 13.4. The molecule has 2 rings (SSSR count). The van der Waals surface area contributed by atoms with Crippen LogP contribution in [0.5, 0.6) is 0 Å². The lowest BCUT2D eigenvalue weighted by Crippen LogP contribution is -2.29. The van der Waals surface area contributed by atoms with Crippen molar-refractivity contribution in [2.45, 2.75) is 91.9 Å². The molecule has 0 amide bonds. The van der Waals surface area contributed by atoms with Gasteiger partial charge < -0.3 is 0 Å². The van der Waals surface area contributed by atoms with Crippen molar-refractivity contribution in [3.63, 3.8) is 0 Å². The quantitative estimate of drug-likeness (QED) is 0.542. The third kappa shape index (κ3) is 4.28. The summed E-state index contributed by atoms with van der Waals surface area (Å²) in [7, 11) is 0. The second kappa shape index (κ2) is 8.99. The Balaban J connectivity index is 0.000000771. The normalized spacial score (nSPS) is 33.7. The topological polar surface area (TPSA) is 0 Å². The highest BCUT2D eigenvalue weighted by Crippen LogP contribution is 2.44. The molecule has 2 fully saturated rings. The minimum absolute atomic E-state index is 1.06. The summed E-state index contributed by atoms with van der Waals surface area (Å²) in [5.41, 5.74) is 0. The fourth-order valence-electron chi connectivity index (χ4n) is 4.43. The van der Waals surface area contributed by atoms with Crippen LogP contribution in [0.3, 0.4) is 0 Å². The number of rotatable bonds is 3. The molecule has 18 heavy (non-hydrogen) atoms. The SMILES string of the molecule is CC.CCC1CCC(C2CCCCC2)CC1CC. The highest BCUT2D eigenvalue weighted by atomic mass is 14.4. The van der Waals surface area contributed by atoms with Crippen molar-refractivity contribution >= 4 is 0 Å². The van der Waals surface area contributed by atoms with Gasteiger partial charge >= 0.3 is 0 Å². The van der Waals surface area contributed by atoms with Gasteiger partial charge in [-0.2, -0.15) is 0 Å². The van der Waals surface area contributed by atoms with Gasteiger partial charge in [0.25, 0.3) is 0 Å². The van der Waals surface area contributed by atoms with Gasteiger partial charge in [0.1, 0.15) is 0 Å². The van der Waals surface area contributed by atoms with Crippen molar-refractivity contribution in [3.05, 3.63) is 0 Å². The van der Waals surface area contributed by atoms with Gasteiger partial charge in [-0.3, -0.25) is 0 Å². The van der Waals surface area contributed by atoms with Crippen LogP contribution < -0.4 is 0 Å². The Bertz CT molecular complexity index is 190. The second-order valence-electron chi connectivity index (χ2n) is 6.31. The zero-order valence-electron chi connectivity index (χ0n) is 13.4. The summed E-state index contributed by atoms with van der Waals surface area (Å²) in [5, 5.41) is 0. The van der Waals surface area contributed by atoms with Crippen LogP contribution in [0.2, 0.25) is 0 Å². The summed E-state index contributed by atoms with van der Waals surface area (Å²) in [6.07, 6.45) is 15.2. The minimum atomic E-state index is 1.06. The smallest absolute Gasteiger partial charge is 0.0383 e. The Morgan fingerprint density at radius 1 is 0.667 bits per heavy atom. The molecule has 108 valence electrons. The van der Waals surface area contributed by atoms with E-state index in [-0.39, 0.29) is 0 Å². The lowest BCUT2D eigenvalue weighted by Gasteiger charge is -2.40. The van der Waals surface area contributed by atoms with E-state index in [1.807, 2.05) is 13.8 Å². The van der Waals surface area contributed by atoms with Crippen LogP contribution >= 0.6 is 0 Å². The van der Waals surface area contributed by atoms with E-state index in [9.17, 15) is 0 Å². The van der Waals surface area contributed by atoms with E-state index in [0.717, 1.165) is 23.7 Å². The lowest BCUT2D eigenvalue weighted by molar-refractivity contribution is 0.110. The molecule has 0 aromatic heterocycles. The van der Waals surface area contributed by atoms with Crippen LogP contribution in [-0.4, -0.2) is 0 Å². The minimum Gasteiger partial charge on any atom is -0.0683 e. The summed E-state index contributed by atoms with van der Waals surface area (Å²) >= 11 is 0. The third-order valence-corrected chi connectivity index (χ3v) is 5.55. The summed E-state index contributed by atoms with van der Waals surface area (Å²) in [6.45, 7) is 8.81. The van der Waals surface area contributed by atoms with Gasteiger partial charge in [-0.1, -0.05) is 72.6 Å². The van der Waals surface area contributed by atoms with Crippen LogP contribution in [0.15, 0.2) is 0 Å². The molecule has 3 atom stereocenters. The van der Waals surface area contributed by atoms with Crippen molar-refractivity contribution in [2.75, 3.05) is 0 Å². The van der Waals surface area contributed by atoms with E-state index in [1.54, 1.807) is 25.7 Å². The average Bonchev–Trinajstić information content (AvgIpc) is 2.49. The predicted molar refractivity (Wildman–Crippen MR) is 82.8 cm³/mol. The molecule has 0 spiro atoms.